The smallest absolute Gasteiger partial charge is 0.254 e. The molecule has 1 aliphatic heterocycles. The van der Waals surface area contributed by atoms with Gasteiger partial charge in [0.2, 0.25) is 0 Å². The van der Waals surface area contributed by atoms with E-state index in [2.05, 4.69) is 10.6 Å². The van der Waals surface area contributed by atoms with E-state index in [1.807, 2.05) is 30.3 Å². The summed E-state index contributed by atoms with van der Waals surface area (Å²) >= 11 is 0. The molecule has 1 aliphatic carbocycles. The van der Waals surface area contributed by atoms with Crippen LogP contribution in [-0.2, 0) is 9.59 Å². The van der Waals surface area contributed by atoms with Gasteiger partial charge in [-0.25, -0.2) is 4.39 Å². The Bertz CT molecular complexity index is 1460. The van der Waals surface area contributed by atoms with Crippen LogP contribution < -0.4 is 20.1 Å². The number of nitrogens with one attached hydrogen (secondary N) is 2. The number of allylic oxidation sites excluding steroid dienone is 3. The van der Waals surface area contributed by atoms with Crippen LogP contribution in [0.4, 0.5) is 10.1 Å². The van der Waals surface area contributed by atoms with E-state index in [9.17, 15) is 14.0 Å². The molecule has 3 aromatic carbocycles. The molecule has 1 heterocycles. The summed E-state index contributed by atoms with van der Waals surface area (Å²) in [4.78, 5) is 27.6. The number of methoxy groups -OCH3 is 2. The molecule has 38 heavy (non-hydrogen) atoms. The van der Waals surface area contributed by atoms with Gasteiger partial charge in [0.25, 0.3) is 5.91 Å². The van der Waals surface area contributed by atoms with E-state index in [1.54, 1.807) is 51.5 Å². The summed E-state index contributed by atoms with van der Waals surface area (Å²) in [5.41, 5.74) is 4.00. The molecule has 2 atom stereocenters. The fraction of sp³-hybridized carbons (Fsp3) is 0.226. The van der Waals surface area contributed by atoms with Gasteiger partial charge in [-0.2, -0.15) is 0 Å². The maximum atomic E-state index is 14.4. The third-order valence-electron chi connectivity index (χ3n) is 7.21. The van der Waals surface area contributed by atoms with Crippen molar-refractivity contribution in [1.29, 1.82) is 0 Å². The first-order chi connectivity index (χ1) is 18.4. The van der Waals surface area contributed by atoms with E-state index >= 15 is 0 Å². The maximum Gasteiger partial charge on any atom is 0.254 e. The number of hydrogen-bond acceptors (Lipinski definition) is 5. The van der Waals surface area contributed by atoms with E-state index in [1.165, 1.54) is 12.1 Å². The SMILES string of the molecule is COc1ccc(OC)c([C@H]2C(C(=O)Nc3ccccc3F)=C(C)NC3=C2C(=O)C[C@@H](c2ccccc2)C3)c1. The van der Waals surface area contributed by atoms with Gasteiger partial charge in [0, 0.05) is 34.5 Å². The van der Waals surface area contributed by atoms with Crippen molar-refractivity contribution in [3.05, 3.63) is 112 Å². The van der Waals surface area contributed by atoms with Crippen LogP contribution in [-0.4, -0.2) is 25.9 Å². The fourth-order valence-corrected chi connectivity index (χ4v) is 5.43. The van der Waals surface area contributed by atoms with Gasteiger partial charge in [0.05, 0.1) is 25.8 Å². The highest BCUT2D eigenvalue weighted by molar-refractivity contribution is 6.10. The largest absolute Gasteiger partial charge is 0.497 e. The molecule has 6 nitrogen and oxygen atoms in total. The minimum atomic E-state index is -0.729. The van der Waals surface area contributed by atoms with Crippen LogP contribution in [0.3, 0.4) is 0 Å². The molecule has 5 rings (SSSR count). The highest BCUT2D eigenvalue weighted by Gasteiger charge is 2.42. The lowest BCUT2D eigenvalue weighted by Gasteiger charge is -2.37. The summed E-state index contributed by atoms with van der Waals surface area (Å²) in [5, 5.41) is 6.06. The average molecular weight is 513 g/mol. The van der Waals surface area contributed by atoms with E-state index in [-0.39, 0.29) is 17.4 Å². The quantitative estimate of drug-likeness (QED) is 0.434. The molecule has 2 N–H and O–H groups in total. The number of ketones is 1. The Morgan fingerprint density at radius 1 is 0.974 bits per heavy atom. The van der Waals surface area contributed by atoms with E-state index in [0.29, 0.717) is 46.7 Å². The second kappa shape index (κ2) is 10.5. The summed E-state index contributed by atoms with van der Waals surface area (Å²) < 4.78 is 25.6. The van der Waals surface area contributed by atoms with Gasteiger partial charge >= 0.3 is 0 Å². The molecule has 1 amide bonds. The van der Waals surface area contributed by atoms with Crippen molar-refractivity contribution in [2.24, 2.45) is 0 Å². The second-order valence-corrected chi connectivity index (χ2v) is 9.47. The van der Waals surface area contributed by atoms with Gasteiger partial charge in [-0.05, 0) is 55.2 Å². The van der Waals surface area contributed by atoms with Crippen molar-refractivity contribution in [1.82, 2.24) is 5.32 Å². The first kappa shape index (κ1) is 25.3. The zero-order valence-corrected chi connectivity index (χ0v) is 21.5. The lowest BCUT2D eigenvalue weighted by atomic mass is 9.71. The van der Waals surface area contributed by atoms with Crippen LogP contribution in [0.1, 0.15) is 42.7 Å². The zero-order valence-electron chi connectivity index (χ0n) is 21.5. The number of halogens is 1. The van der Waals surface area contributed by atoms with E-state index < -0.39 is 17.6 Å². The predicted molar refractivity (Wildman–Crippen MR) is 144 cm³/mol. The molecular formula is C31H29FN2O4. The molecule has 0 saturated heterocycles. The first-order valence-corrected chi connectivity index (χ1v) is 12.5. The Morgan fingerprint density at radius 3 is 2.42 bits per heavy atom. The number of hydrogen-bond donors (Lipinski definition) is 2. The molecule has 2 aliphatic rings. The summed E-state index contributed by atoms with van der Waals surface area (Å²) in [6.07, 6.45) is 0.933. The standard InChI is InChI=1S/C31H29FN2O4/c1-18-28(31(36)34-24-12-8-7-11-23(24)32)29(22-17-21(37-2)13-14-27(22)38-3)30-25(33-18)15-20(16-26(30)35)19-9-5-4-6-10-19/h4-14,17,20,29,33H,15-16H2,1-3H3,(H,34,36)/t20-,29-/m0/s1. The van der Waals surface area contributed by atoms with Crippen LogP contribution in [0, 0.1) is 5.82 Å². The first-order valence-electron chi connectivity index (χ1n) is 12.5. The van der Waals surface area contributed by atoms with Crippen LogP contribution >= 0.6 is 0 Å². The van der Waals surface area contributed by atoms with Crippen molar-refractivity contribution in [3.63, 3.8) is 0 Å². The van der Waals surface area contributed by atoms with E-state index in [0.717, 1.165) is 11.3 Å². The van der Waals surface area contributed by atoms with Crippen molar-refractivity contribution in [2.45, 2.75) is 31.6 Å². The van der Waals surface area contributed by atoms with Crippen molar-refractivity contribution in [3.8, 4) is 11.5 Å². The molecule has 0 fully saturated rings. The van der Waals surface area contributed by atoms with Gasteiger partial charge in [0.15, 0.2) is 5.78 Å². The van der Waals surface area contributed by atoms with Crippen LogP contribution in [0.5, 0.6) is 11.5 Å². The number of carbonyl (C=O) groups excluding carboxylic acids is 2. The molecule has 0 aromatic heterocycles. The molecule has 0 spiro atoms. The molecule has 0 saturated carbocycles. The van der Waals surface area contributed by atoms with E-state index in [4.69, 9.17) is 9.47 Å². The Hall–Kier alpha value is -4.39. The van der Waals surface area contributed by atoms with Gasteiger partial charge in [-0.3, -0.25) is 9.59 Å². The average Bonchev–Trinajstić information content (AvgIpc) is 2.93. The van der Waals surface area contributed by atoms with Gasteiger partial charge in [0.1, 0.15) is 17.3 Å². The molecular weight excluding hydrogens is 483 g/mol. The Balaban J connectivity index is 1.64. The number of dihydropyridines is 1. The summed E-state index contributed by atoms with van der Waals surface area (Å²) in [6, 6.07) is 21.3. The molecule has 0 radical (unpaired) electrons. The van der Waals surface area contributed by atoms with Crippen LogP contribution in [0.2, 0.25) is 0 Å². The van der Waals surface area contributed by atoms with Crippen molar-refractivity contribution in [2.75, 3.05) is 19.5 Å². The number of anilines is 1. The third kappa shape index (κ3) is 4.67. The second-order valence-electron chi connectivity index (χ2n) is 9.47. The number of rotatable bonds is 6. The van der Waals surface area contributed by atoms with Gasteiger partial charge in [-0.15, -0.1) is 0 Å². The molecule has 3 aromatic rings. The lowest BCUT2D eigenvalue weighted by molar-refractivity contribution is -0.116. The summed E-state index contributed by atoms with van der Waals surface area (Å²) in [5.74, 6) is -0.718. The summed E-state index contributed by atoms with van der Waals surface area (Å²) in [6.45, 7) is 1.80. The molecule has 0 unspecified atom stereocenters. The van der Waals surface area contributed by atoms with Crippen molar-refractivity contribution >= 4 is 17.4 Å². The number of Topliss-reactive ketones (excluding diaryl/α,β-unsaturated/α-hetero) is 1. The Morgan fingerprint density at radius 2 is 1.71 bits per heavy atom. The van der Waals surface area contributed by atoms with Crippen LogP contribution in [0.25, 0.3) is 0 Å². The third-order valence-corrected chi connectivity index (χ3v) is 7.21. The molecule has 7 heteroatoms. The number of benzene rings is 3. The highest BCUT2D eigenvalue weighted by Crippen LogP contribution is 2.48. The highest BCUT2D eigenvalue weighted by atomic mass is 19.1. The Labute approximate surface area is 221 Å². The fourth-order valence-electron chi connectivity index (χ4n) is 5.43. The normalized spacial score (nSPS) is 19.0. The number of amides is 1. The number of ether oxygens (including phenoxy) is 2. The summed E-state index contributed by atoms with van der Waals surface area (Å²) in [7, 11) is 3.10. The monoisotopic (exact) mass is 512 g/mol. The molecule has 0 bridgehead atoms. The predicted octanol–water partition coefficient (Wildman–Crippen LogP) is 5.84. The zero-order chi connectivity index (χ0) is 26.8. The number of carbonyl (C=O) groups is 2. The van der Waals surface area contributed by atoms with Crippen molar-refractivity contribution < 1.29 is 23.5 Å². The lowest BCUT2D eigenvalue weighted by Crippen LogP contribution is -2.37. The maximum absolute atomic E-state index is 14.4. The Kier molecular flexibility index (Phi) is 7.01. The molecule has 194 valence electrons. The minimum Gasteiger partial charge on any atom is -0.497 e. The number of para-hydroxylation sites is 1. The van der Waals surface area contributed by atoms with Crippen LogP contribution in [0.15, 0.2) is 95.3 Å². The van der Waals surface area contributed by atoms with Gasteiger partial charge < -0.3 is 20.1 Å². The topological polar surface area (TPSA) is 76.7 Å². The minimum absolute atomic E-state index is 0.0180. The van der Waals surface area contributed by atoms with Gasteiger partial charge in [-0.1, -0.05) is 42.5 Å².